The summed E-state index contributed by atoms with van der Waals surface area (Å²) in [7, 11) is 0. The van der Waals surface area contributed by atoms with E-state index >= 15 is 0 Å². The van der Waals surface area contributed by atoms with Crippen molar-refractivity contribution in [3.8, 4) is 5.75 Å². The maximum atomic E-state index is 12.5. The lowest BCUT2D eigenvalue weighted by Gasteiger charge is -2.24. The summed E-state index contributed by atoms with van der Waals surface area (Å²) in [4.78, 5) is 12.5. The molecule has 2 N–H and O–H groups in total. The number of fused-ring (bicyclic) bond motifs is 1. The van der Waals surface area contributed by atoms with E-state index in [1.54, 1.807) is 18.2 Å². The molecule has 1 aromatic rings. The highest BCUT2D eigenvalue weighted by Gasteiger charge is 2.38. The first kappa shape index (κ1) is 19.9. The molecular weight excluding hydrogens is 350 g/mol. The highest BCUT2D eigenvalue weighted by atomic mass is 35.5. The maximum absolute atomic E-state index is 12.5. The number of carbonyl (C=O) groups is 1. The molecule has 140 valence electrons. The Hall–Kier alpha value is -1.40. The van der Waals surface area contributed by atoms with E-state index in [1.165, 1.54) is 25.3 Å². The Morgan fingerprint density at radius 2 is 2.08 bits per heavy atom. The van der Waals surface area contributed by atoms with E-state index < -0.39 is 6.61 Å². The van der Waals surface area contributed by atoms with Crippen molar-refractivity contribution in [2.45, 2.75) is 63.8 Å². The topological polar surface area (TPSA) is 50.4 Å². The standard InChI is InChI=1S/C18H24F2N2O2.ClH/c1-11(12-6-4-7-14(9-12)24-18(19)20)21-17(23)16-10-13-5-2-3-8-15(13)22-16;/h4,6-7,9,11,13,15-16,18,22H,2-3,5,8,10H2,1H3,(H,21,23);1H. The molecule has 0 aromatic heterocycles. The highest BCUT2D eigenvalue weighted by molar-refractivity contribution is 5.85. The van der Waals surface area contributed by atoms with Crippen molar-refractivity contribution in [2.24, 2.45) is 5.92 Å². The van der Waals surface area contributed by atoms with Crippen molar-refractivity contribution >= 4 is 18.3 Å². The van der Waals surface area contributed by atoms with Crippen molar-refractivity contribution in [3.63, 3.8) is 0 Å². The fourth-order valence-electron chi connectivity index (χ4n) is 3.88. The number of alkyl halides is 2. The average Bonchev–Trinajstić information content (AvgIpc) is 2.98. The lowest BCUT2D eigenvalue weighted by molar-refractivity contribution is -0.123. The van der Waals surface area contributed by atoms with Crippen LogP contribution in [0.1, 0.15) is 50.6 Å². The summed E-state index contributed by atoms with van der Waals surface area (Å²) in [6, 6.07) is 6.52. The summed E-state index contributed by atoms with van der Waals surface area (Å²) in [5.41, 5.74) is 0.747. The summed E-state index contributed by atoms with van der Waals surface area (Å²) in [5, 5.41) is 6.43. The van der Waals surface area contributed by atoms with E-state index in [1.807, 2.05) is 6.92 Å². The molecule has 0 spiro atoms. The molecule has 1 aliphatic heterocycles. The molecule has 4 unspecified atom stereocenters. The van der Waals surface area contributed by atoms with Gasteiger partial charge in [-0.25, -0.2) is 0 Å². The number of carbonyl (C=O) groups excluding carboxylic acids is 1. The van der Waals surface area contributed by atoms with Gasteiger partial charge < -0.3 is 15.4 Å². The molecule has 1 saturated carbocycles. The molecule has 1 heterocycles. The van der Waals surface area contributed by atoms with Gasteiger partial charge in [-0.3, -0.25) is 4.79 Å². The van der Waals surface area contributed by atoms with Crippen LogP contribution < -0.4 is 15.4 Å². The minimum Gasteiger partial charge on any atom is -0.435 e. The number of hydrogen-bond acceptors (Lipinski definition) is 3. The van der Waals surface area contributed by atoms with Crippen molar-refractivity contribution in [1.82, 2.24) is 10.6 Å². The number of rotatable bonds is 5. The van der Waals surface area contributed by atoms with E-state index in [4.69, 9.17) is 0 Å². The molecule has 1 amide bonds. The van der Waals surface area contributed by atoms with Gasteiger partial charge in [-0.05, 0) is 49.8 Å². The molecule has 3 rings (SSSR count). The monoisotopic (exact) mass is 374 g/mol. The molecule has 4 atom stereocenters. The van der Waals surface area contributed by atoms with Crippen molar-refractivity contribution in [2.75, 3.05) is 0 Å². The van der Waals surface area contributed by atoms with E-state index in [9.17, 15) is 13.6 Å². The summed E-state index contributed by atoms with van der Waals surface area (Å²) in [6.45, 7) is -1.00. The van der Waals surface area contributed by atoms with Crippen LogP contribution in [-0.2, 0) is 4.79 Å². The van der Waals surface area contributed by atoms with E-state index in [2.05, 4.69) is 15.4 Å². The van der Waals surface area contributed by atoms with Crippen LogP contribution in [0.4, 0.5) is 8.78 Å². The van der Waals surface area contributed by atoms with Crippen molar-refractivity contribution in [3.05, 3.63) is 29.8 Å². The van der Waals surface area contributed by atoms with Gasteiger partial charge in [0.05, 0.1) is 12.1 Å². The van der Waals surface area contributed by atoms with E-state index in [-0.39, 0.29) is 36.1 Å². The Morgan fingerprint density at radius 1 is 1.32 bits per heavy atom. The van der Waals surface area contributed by atoms with Gasteiger partial charge in [0.2, 0.25) is 5.91 Å². The van der Waals surface area contributed by atoms with Crippen LogP contribution in [0.15, 0.2) is 24.3 Å². The van der Waals surface area contributed by atoms with Gasteiger partial charge in [-0.2, -0.15) is 8.78 Å². The van der Waals surface area contributed by atoms with Crippen LogP contribution in [0.2, 0.25) is 0 Å². The van der Waals surface area contributed by atoms with Crippen molar-refractivity contribution < 1.29 is 18.3 Å². The second kappa shape index (κ2) is 8.81. The highest BCUT2D eigenvalue weighted by Crippen LogP contribution is 2.33. The molecule has 0 radical (unpaired) electrons. The number of nitrogens with one attached hydrogen (secondary N) is 2. The SMILES string of the molecule is CC(NC(=O)C1CC2CCCCC2N1)c1cccc(OC(F)F)c1.Cl. The molecule has 0 bridgehead atoms. The molecule has 25 heavy (non-hydrogen) atoms. The Labute approximate surface area is 153 Å². The largest absolute Gasteiger partial charge is 0.435 e. The maximum Gasteiger partial charge on any atom is 0.387 e. The minimum absolute atomic E-state index is 0. The normalized spacial score (nSPS) is 26.5. The van der Waals surface area contributed by atoms with Gasteiger partial charge >= 0.3 is 6.61 Å². The average molecular weight is 375 g/mol. The Kier molecular flexibility index (Phi) is 7.02. The molecule has 1 saturated heterocycles. The van der Waals surface area contributed by atoms with Gasteiger partial charge in [-0.15, -0.1) is 12.4 Å². The van der Waals surface area contributed by atoms with Crippen LogP contribution in [0, 0.1) is 5.92 Å². The molecule has 1 aromatic carbocycles. The fraction of sp³-hybridized carbons (Fsp3) is 0.611. The van der Waals surface area contributed by atoms with Crippen LogP contribution in [-0.4, -0.2) is 24.6 Å². The first-order valence-electron chi connectivity index (χ1n) is 8.64. The smallest absolute Gasteiger partial charge is 0.387 e. The first-order chi connectivity index (χ1) is 11.5. The Morgan fingerprint density at radius 3 is 2.80 bits per heavy atom. The summed E-state index contributed by atoms with van der Waals surface area (Å²) in [6.07, 6.45) is 5.72. The molecule has 4 nitrogen and oxygen atoms in total. The zero-order valence-corrected chi connectivity index (χ0v) is 15.0. The van der Waals surface area contributed by atoms with E-state index in [0.29, 0.717) is 12.0 Å². The predicted octanol–water partition coefficient (Wildman–Crippen LogP) is 3.81. The minimum atomic E-state index is -2.85. The second-order valence-corrected chi connectivity index (χ2v) is 6.79. The Balaban J connectivity index is 0.00000225. The van der Waals surface area contributed by atoms with Gasteiger partial charge in [0, 0.05) is 6.04 Å². The molecule has 2 aliphatic rings. The zero-order valence-electron chi connectivity index (χ0n) is 14.2. The third-order valence-electron chi connectivity index (χ3n) is 5.12. The van der Waals surface area contributed by atoms with Crippen LogP contribution in [0.5, 0.6) is 5.75 Å². The molecular formula is C18H25ClF2N2O2. The number of amides is 1. The lowest BCUT2D eigenvalue weighted by atomic mass is 9.85. The number of benzene rings is 1. The number of halogens is 3. The third-order valence-corrected chi connectivity index (χ3v) is 5.12. The molecule has 1 aliphatic carbocycles. The summed E-state index contributed by atoms with van der Waals surface area (Å²) >= 11 is 0. The van der Waals surface area contributed by atoms with E-state index in [0.717, 1.165) is 18.4 Å². The second-order valence-electron chi connectivity index (χ2n) is 6.79. The van der Waals surface area contributed by atoms with Crippen LogP contribution in [0.25, 0.3) is 0 Å². The van der Waals surface area contributed by atoms with Crippen molar-refractivity contribution in [1.29, 1.82) is 0 Å². The fourth-order valence-corrected chi connectivity index (χ4v) is 3.88. The number of ether oxygens (including phenoxy) is 1. The van der Waals surface area contributed by atoms with Gasteiger partial charge in [-0.1, -0.05) is 25.0 Å². The predicted molar refractivity (Wildman–Crippen MR) is 94.2 cm³/mol. The van der Waals surface area contributed by atoms with Gasteiger partial charge in [0.25, 0.3) is 0 Å². The first-order valence-corrected chi connectivity index (χ1v) is 8.64. The summed E-state index contributed by atoms with van der Waals surface area (Å²) in [5.74, 6) is 0.693. The molecule has 7 heteroatoms. The zero-order chi connectivity index (χ0) is 17.1. The molecule has 2 fully saturated rings. The van der Waals surface area contributed by atoms with Crippen LogP contribution in [0.3, 0.4) is 0 Å². The lowest BCUT2D eigenvalue weighted by Crippen LogP contribution is -2.43. The third kappa shape index (κ3) is 5.05. The quantitative estimate of drug-likeness (QED) is 0.824. The van der Waals surface area contributed by atoms with Crippen LogP contribution >= 0.6 is 12.4 Å². The van der Waals surface area contributed by atoms with Gasteiger partial charge in [0.15, 0.2) is 0 Å². The van der Waals surface area contributed by atoms with Gasteiger partial charge in [0.1, 0.15) is 5.75 Å². The Bertz CT molecular complexity index is 574. The number of hydrogen-bond donors (Lipinski definition) is 2. The summed E-state index contributed by atoms with van der Waals surface area (Å²) < 4.78 is 29.0.